The SMILES string of the molecule is Nc1ccccc1CCN1CCC(C(F)(F)F)CC1. The van der Waals surface area contributed by atoms with Crippen LogP contribution in [0.4, 0.5) is 18.9 Å². The van der Waals surface area contributed by atoms with Gasteiger partial charge in [-0.3, -0.25) is 0 Å². The summed E-state index contributed by atoms with van der Waals surface area (Å²) in [6.07, 6.45) is -2.80. The van der Waals surface area contributed by atoms with E-state index in [9.17, 15) is 13.2 Å². The van der Waals surface area contributed by atoms with Crippen molar-refractivity contribution >= 4 is 5.69 Å². The molecule has 0 bridgehead atoms. The molecule has 0 aromatic heterocycles. The van der Waals surface area contributed by atoms with E-state index in [4.69, 9.17) is 5.73 Å². The van der Waals surface area contributed by atoms with Gasteiger partial charge in [0, 0.05) is 12.2 Å². The highest BCUT2D eigenvalue weighted by Gasteiger charge is 2.40. The zero-order valence-electron chi connectivity index (χ0n) is 10.8. The lowest BCUT2D eigenvalue weighted by Crippen LogP contribution is -2.39. The molecule has 0 aliphatic carbocycles. The molecule has 1 fully saturated rings. The van der Waals surface area contributed by atoms with E-state index in [-0.39, 0.29) is 12.8 Å². The maximum absolute atomic E-state index is 12.5. The van der Waals surface area contributed by atoms with E-state index in [1.807, 2.05) is 24.3 Å². The van der Waals surface area contributed by atoms with Gasteiger partial charge in [0.2, 0.25) is 0 Å². The largest absolute Gasteiger partial charge is 0.399 e. The third-order valence-corrected chi connectivity index (χ3v) is 3.80. The predicted molar refractivity (Wildman–Crippen MR) is 69.8 cm³/mol. The number of halogens is 3. The van der Waals surface area contributed by atoms with Crippen LogP contribution in [0.2, 0.25) is 0 Å². The second kappa shape index (κ2) is 5.82. The van der Waals surface area contributed by atoms with Crippen molar-refractivity contribution in [2.45, 2.75) is 25.4 Å². The van der Waals surface area contributed by atoms with Crippen molar-refractivity contribution in [3.05, 3.63) is 29.8 Å². The quantitative estimate of drug-likeness (QED) is 0.857. The summed E-state index contributed by atoms with van der Waals surface area (Å²) in [5.74, 6) is -1.12. The number of benzene rings is 1. The van der Waals surface area contributed by atoms with Crippen molar-refractivity contribution in [2.24, 2.45) is 5.92 Å². The van der Waals surface area contributed by atoms with Crippen LogP contribution in [0.1, 0.15) is 18.4 Å². The molecule has 0 radical (unpaired) electrons. The average molecular weight is 272 g/mol. The van der Waals surface area contributed by atoms with Gasteiger partial charge >= 0.3 is 6.18 Å². The Morgan fingerprint density at radius 3 is 2.37 bits per heavy atom. The topological polar surface area (TPSA) is 29.3 Å². The summed E-state index contributed by atoms with van der Waals surface area (Å²) >= 11 is 0. The third-order valence-electron chi connectivity index (χ3n) is 3.80. The van der Waals surface area contributed by atoms with Crippen LogP contribution in [-0.4, -0.2) is 30.7 Å². The fourth-order valence-electron chi connectivity index (χ4n) is 2.52. The Balaban J connectivity index is 1.79. The molecule has 1 aliphatic rings. The number of para-hydroxylation sites is 1. The van der Waals surface area contributed by atoms with Crippen LogP contribution >= 0.6 is 0 Å². The minimum atomic E-state index is -4.03. The Morgan fingerprint density at radius 2 is 1.79 bits per heavy atom. The summed E-state index contributed by atoms with van der Waals surface area (Å²) in [7, 11) is 0. The van der Waals surface area contributed by atoms with Gasteiger partial charge < -0.3 is 10.6 Å². The first-order valence-electron chi connectivity index (χ1n) is 6.59. The highest BCUT2D eigenvalue weighted by molar-refractivity contribution is 5.46. The summed E-state index contributed by atoms with van der Waals surface area (Å²) in [4.78, 5) is 2.09. The average Bonchev–Trinajstić information content (AvgIpc) is 2.37. The molecule has 1 saturated heterocycles. The van der Waals surface area contributed by atoms with Gasteiger partial charge in [-0.05, 0) is 44.0 Å². The van der Waals surface area contributed by atoms with Gasteiger partial charge in [0.1, 0.15) is 0 Å². The van der Waals surface area contributed by atoms with Crippen molar-refractivity contribution in [1.29, 1.82) is 0 Å². The minimum Gasteiger partial charge on any atom is -0.399 e. The lowest BCUT2D eigenvalue weighted by atomic mass is 9.96. The van der Waals surface area contributed by atoms with Gasteiger partial charge in [0.15, 0.2) is 0 Å². The second-order valence-electron chi connectivity index (χ2n) is 5.11. The number of hydrogen-bond donors (Lipinski definition) is 1. The second-order valence-corrected chi connectivity index (χ2v) is 5.11. The summed E-state index contributed by atoms with van der Waals surface area (Å²) in [6, 6.07) is 7.64. The molecule has 1 aromatic rings. The number of rotatable bonds is 3. The lowest BCUT2D eigenvalue weighted by Gasteiger charge is -2.32. The molecule has 0 saturated carbocycles. The number of alkyl halides is 3. The van der Waals surface area contributed by atoms with Crippen molar-refractivity contribution < 1.29 is 13.2 Å². The standard InChI is InChI=1S/C14H19F3N2/c15-14(16,17)12-6-9-19(10-7-12)8-5-11-3-1-2-4-13(11)18/h1-4,12H,5-10,18H2. The Morgan fingerprint density at radius 1 is 1.16 bits per heavy atom. The highest BCUT2D eigenvalue weighted by atomic mass is 19.4. The molecule has 2 N–H and O–H groups in total. The van der Waals surface area contributed by atoms with Crippen molar-refractivity contribution in [3.63, 3.8) is 0 Å². The molecule has 0 unspecified atom stereocenters. The van der Waals surface area contributed by atoms with Crippen LogP contribution in [0.25, 0.3) is 0 Å². The van der Waals surface area contributed by atoms with Crippen LogP contribution in [0, 0.1) is 5.92 Å². The summed E-state index contributed by atoms with van der Waals surface area (Å²) < 4.78 is 37.6. The monoisotopic (exact) mass is 272 g/mol. The van der Waals surface area contributed by atoms with Crippen molar-refractivity contribution in [2.75, 3.05) is 25.4 Å². The highest BCUT2D eigenvalue weighted by Crippen LogP contribution is 2.34. The fourth-order valence-corrected chi connectivity index (χ4v) is 2.52. The first-order valence-corrected chi connectivity index (χ1v) is 6.59. The Hall–Kier alpha value is -1.23. The van der Waals surface area contributed by atoms with Gasteiger partial charge in [0.25, 0.3) is 0 Å². The molecule has 106 valence electrons. The van der Waals surface area contributed by atoms with Crippen LogP contribution in [0.5, 0.6) is 0 Å². The van der Waals surface area contributed by atoms with E-state index in [0.717, 1.165) is 24.2 Å². The molecular weight excluding hydrogens is 253 g/mol. The molecule has 2 rings (SSSR count). The number of nitrogens with zero attached hydrogens (tertiary/aromatic N) is 1. The van der Waals surface area contributed by atoms with E-state index in [0.29, 0.717) is 13.1 Å². The predicted octanol–water partition coefficient (Wildman–Crippen LogP) is 3.09. The normalized spacial score (nSPS) is 18.7. The van der Waals surface area contributed by atoms with Crippen molar-refractivity contribution in [3.8, 4) is 0 Å². The molecule has 0 amide bonds. The zero-order valence-corrected chi connectivity index (χ0v) is 10.8. The number of likely N-dealkylation sites (tertiary alicyclic amines) is 1. The fraction of sp³-hybridized carbons (Fsp3) is 0.571. The van der Waals surface area contributed by atoms with Gasteiger partial charge in [-0.15, -0.1) is 0 Å². The Bertz CT molecular complexity index is 409. The van der Waals surface area contributed by atoms with Crippen LogP contribution in [-0.2, 0) is 6.42 Å². The zero-order chi connectivity index (χ0) is 13.9. The van der Waals surface area contributed by atoms with E-state index in [2.05, 4.69) is 4.90 Å². The first-order chi connectivity index (χ1) is 8.97. The van der Waals surface area contributed by atoms with Gasteiger partial charge in [0.05, 0.1) is 5.92 Å². The number of anilines is 1. The van der Waals surface area contributed by atoms with Crippen molar-refractivity contribution in [1.82, 2.24) is 4.90 Å². The number of piperidine rings is 1. The third kappa shape index (κ3) is 3.86. The lowest BCUT2D eigenvalue weighted by molar-refractivity contribution is -0.185. The van der Waals surface area contributed by atoms with Gasteiger partial charge in [-0.1, -0.05) is 18.2 Å². The molecule has 2 nitrogen and oxygen atoms in total. The van der Waals surface area contributed by atoms with E-state index in [1.165, 1.54) is 0 Å². The number of nitrogen functional groups attached to an aromatic ring is 1. The van der Waals surface area contributed by atoms with Crippen LogP contribution in [0.15, 0.2) is 24.3 Å². The minimum absolute atomic E-state index is 0.216. The Labute approximate surface area is 111 Å². The maximum atomic E-state index is 12.5. The Kier molecular flexibility index (Phi) is 4.34. The molecular formula is C14H19F3N2. The molecule has 1 aromatic carbocycles. The molecule has 5 heteroatoms. The van der Waals surface area contributed by atoms with Gasteiger partial charge in [-0.2, -0.15) is 13.2 Å². The molecule has 1 heterocycles. The van der Waals surface area contributed by atoms with Crippen LogP contribution in [0.3, 0.4) is 0 Å². The van der Waals surface area contributed by atoms with E-state index in [1.54, 1.807) is 0 Å². The first kappa shape index (κ1) is 14.2. The molecule has 0 spiro atoms. The maximum Gasteiger partial charge on any atom is 0.391 e. The van der Waals surface area contributed by atoms with Gasteiger partial charge in [-0.25, -0.2) is 0 Å². The van der Waals surface area contributed by atoms with E-state index >= 15 is 0 Å². The number of nitrogens with two attached hydrogens (primary N) is 1. The molecule has 19 heavy (non-hydrogen) atoms. The van der Waals surface area contributed by atoms with E-state index < -0.39 is 12.1 Å². The number of hydrogen-bond acceptors (Lipinski definition) is 2. The summed E-state index contributed by atoms with van der Waals surface area (Å²) in [5, 5.41) is 0. The summed E-state index contributed by atoms with van der Waals surface area (Å²) in [5.41, 5.74) is 7.67. The smallest absolute Gasteiger partial charge is 0.391 e. The molecule has 0 atom stereocenters. The summed E-state index contributed by atoms with van der Waals surface area (Å²) in [6.45, 7) is 1.83. The molecule has 1 aliphatic heterocycles. The van der Waals surface area contributed by atoms with Crippen LogP contribution < -0.4 is 5.73 Å².